The molecule has 0 aliphatic carbocycles. The van der Waals surface area contributed by atoms with Crippen molar-refractivity contribution in [1.29, 1.82) is 0 Å². The van der Waals surface area contributed by atoms with Crippen LogP contribution in [-0.2, 0) is 0 Å². The van der Waals surface area contributed by atoms with Crippen LogP contribution in [0, 0.1) is 4.77 Å². The third-order valence-corrected chi connectivity index (χ3v) is 1.57. The van der Waals surface area contributed by atoms with E-state index in [2.05, 4.69) is 15.0 Å². The van der Waals surface area contributed by atoms with Crippen LogP contribution >= 0.6 is 12.2 Å². The first-order chi connectivity index (χ1) is 5.63. The fourth-order valence-electron chi connectivity index (χ4n) is 0.750. The van der Waals surface area contributed by atoms with Crippen LogP contribution in [0.5, 0.6) is 6.01 Å². The smallest absolute Gasteiger partial charge is 0.297 e. The summed E-state index contributed by atoms with van der Waals surface area (Å²) in [4.78, 5) is 10.8. The molecule has 1 N–H and O–H groups in total. The van der Waals surface area contributed by atoms with Crippen molar-refractivity contribution in [3.63, 3.8) is 0 Å². The Balaban J connectivity index is 3.15. The lowest BCUT2D eigenvalue weighted by molar-refractivity contribution is 0.373. The van der Waals surface area contributed by atoms with Gasteiger partial charge < -0.3 is 4.74 Å². The number of hydrogen-bond donors (Lipinski definition) is 1. The van der Waals surface area contributed by atoms with Crippen LogP contribution in [0.1, 0.15) is 25.6 Å². The van der Waals surface area contributed by atoms with Crippen LogP contribution in [0.2, 0.25) is 0 Å². The molecule has 0 amide bonds. The minimum Gasteiger partial charge on any atom is -0.468 e. The number of H-pyrrole nitrogens is 1. The lowest BCUT2D eigenvalue weighted by Crippen LogP contribution is -2.02. The van der Waals surface area contributed by atoms with Gasteiger partial charge in [0.2, 0.25) is 4.77 Å². The van der Waals surface area contributed by atoms with Crippen LogP contribution in [0.25, 0.3) is 0 Å². The maximum Gasteiger partial charge on any atom is 0.297 e. The number of nitrogens with zero attached hydrogens (tertiary/aromatic N) is 2. The van der Waals surface area contributed by atoms with E-state index in [1.807, 2.05) is 13.8 Å². The zero-order valence-corrected chi connectivity index (χ0v) is 8.10. The van der Waals surface area contributed by atoms with Crippen molar-refractivity contribution in [3.8, 4) is 6.01 Å². The molecule has 0 aliphatic heterocycles. The van der Waals surface area contributed by atoms with Gasteiger partial charge in [-0.25, -0.2) is 4.98 Å². The van der Waals surface area contributed by atoms with Gasteiger partial charge in [0.25, 0.3) is 6.01 Å². The summed E-state index contributed by atoms with van der Waals surface area (Å²) in [6.07, 6.45) is 0. The second kappa shape index (κ2) is 3.62. The van der Waals surface area contributed by atoms with Crippen LogP contribution < -0.4 is 4.74 Å². The normalized spacial score (nSPS) is 10.3. The van der Waals surface area contributed by atoms with Crippen LogP contribution in [0.4, 0.5) is 0 Å². The van der Waals surface area contributed by atoms with E-state index in [0.717, 1.165) is 5.82 Å². The molecule has 0 saturated carbocycles. The highest BCUT2D eigenvalue weighted by Gasteiger charge is 2.03. The van der Waals surface area contributed by atoms with Crippen molar-refractivity contribution >= 4 is 12.2 Å². The average Bonchev–Trinajstić information content (AvgIpc) is 2.03. The van der Waals surface area contributed by atoms with Gasteiger partial charge in [0.05, 0.1) is 7.11 Å². The molecule has 5 heteroatoms. The minimum absolute atomic E-state index is 0.295. The molecule has 0 bridgehead atoms. The first-order valence-electron chi connectivity index (χ1n) is 3.65. The number of aromatic amines is 1. The molecular formula is C7H11N3OS. The highest BCUT2D eigenvalue weighted by molar-refractivity contribution is 7.71. The fourth-order valence-corrected chi connectivity index (χ4v) is 0.932. The second-order valence-corrected chi connectivity index (χ2v) is 3.05. The molecule has 1 rings (SSSR count). The van der Waals surface area contributed by atoms with Gasteiger partial charge in [-0.1, -0.05) is 13.8 Å². The van der Waals surface area contributed by atoms with Gasteiger partial charge in [-0.2, -0.15) is 4.98 Å². The SMILES string of the molecule is COc1nc(=S)nc(C(C)C)[nH]1. The summed E-state index contributed by atoms with van der Waals surface area (Å²) >= 11 is 4.85. The molecule has 0 aromatic carbocycles. The maximum absolute atomic E-state index is 4.91. The van der Waals surface area contributed by atoms with Gasteiger partial charge in [-0.3, -0.25) is 4.98 Å². The molecule has 1 heterocycles. The van der Waals surface area contributed by atoms with E-state index < -0.39 is 0 Å². The first-order valence-corrected chi connectivity index (χ1v) is 4.06. The molecule has 0 aliphatic rings. The zero-order chi connectivity index (χ0) is 9.14. The third-order valence-electron chi connectivity index (χ3n) is 1.39. The van der Waals surface area contributed by atoms with E-state index in [1.54, 1.807) is 0 Å². The molecule has 0 radical (unpaired) electrons. The van der Waals surface area contributed by atoms with Crippen LogP contribution in [0.3, 0.4) is 0 Å². The number of methoxy groups -OCH3 is 1. The summed E-state index contributed by atoms with van der Waals surface area (Å²) < 4.78 is 5.23. The van der Waals surface area contributed by atoms with Crippen molar-refractivity contribution < 1.29 is 4.74 Å². The molecule has 1 aromatic heterocycles. The van der Waals surface area contributed by atoms with E-state index in [-0.39, 0.29) is 0 Å². The van der Waals surface area contributed by atoms with Gasteiger partial charge in [-0.15, -0.1) is 0 Å². The third kappa shape index (κ3) is 2.01. The van der Waals surface area contributed by atoms with E-state index in [9.17, 15) is 0 Å². The predicted molar refractivity (Wildman–Crippen MR) is 47.9 cm³/mol. The van der Waals surface area contributed by atoms with Gasteiger partial charge in [-0.05, 0) is 12.2 Å². The van der Waals surface area contributed by atoms with Gasteiger partial charge in [0.1, 0.15) is 5.82 Å². The minimum atomic E-state index is 0.295. The standard InChI is InChI=1S/C7H11N3OS/c1-4(2)5-8-6(11-3)10-7(12)9-5/h4H,1-3H3,(H,8,9,10,12). The predicted octanol–water partition coefficient (Wildman–Crippen LogP) is 1.67. The molecule has 66 valence electrons. The largest absolute Gasteiger partial charge is 0.468 e. The summed E-state index contributed by atoms with van der Waals surface area (Å²) in [6, 6.07) is 0.415. The van der Waals surface area contributed by atoms with Gasteiger partial charge in [0, 0.05) is 5.92 Å². The molecule has 12 heavy (non-hydrogen) atoms. The Morgan fingerprint density at radius 2 is 2.08 bits per heavy atom. The summed E-state index contributed by atoms with van der Waals surface area (Å²) in [7, 11) is 1.54. The van der Waals surface area contributed by atoms with Crippen molar-refractivity contribution in [1.82, 2.24) is 15.0 Å². The van der Waals surface area contributed by atoms with Crippen molar-refractivity contribution in [2.75, 3.05) is 7.11 Å². The molecular weight excluding hydrogens is 174 g/mol. The Labute approximate surface area is 76.0 Å². The Hall–Kier alpha value is -0.970. The highest BCUT2D eigenvalue weighted by atomic mass is 32.1. The lowest BCUT2D eigenvalue weighted by Gasteiger charge is -2.05. The molecule has 1 aromatic rings. The first kappa shape index (κ1) is 9.12. The summed E-state index contributed by atoms with van der Waals surface area (Å²) in [5, 5.41) is 0. The fraction of sp³-hybridized carbons (Fsp3) is 0.571. The average molecular weight is 185 g/mol. The van der Waals surface area contributed by atoms with Crippen molar-refractivity contribution in [3.05, 3.63) is 10.6 Å². The Kier molecular flexibility index (Phi) is 2.75. The Bertz CT molecular complexity index is 321. The highest BCUT2D eigenvalue weighted by Crippen LogP contribution is 2.10. The molecule has 4 nitrogen and oxygen atoms in total. The monoisotopic (exact) mass is 185 g/mol. The summed E-state index contributed by atoms with van der Waals surface area (Å²) in [6.45, 7) is 4.04. The molecule has 0 spiro atoms. The van der Waals surface area contributed by atoms with Crippen LogP contribution in [0.15, 0.2) is 0 Å². The van der Waals surface area contributed by atoms with E-state index >= 15 is 0 Å². The van der Waals surface area contributed by atoms with Gasteiger partial charge >= 0.3 is 0 Å². The van der Waals surface area contributed by atoms with E-state index in [1.165, 1.54) is 7.11 Å². The molecule has 0 unspecified atom stereocenters. The van der Waals surface area contributed by atoms with E-state index in [0.29, 0.717) is 16.7 Å². The molecule has 0 fully saturated rings. The lowest BCUT2D eigenvalue weighted by atomic mass is 10.2. The van der Waals surface area contributed by atoms with Crippen molar-refractivity contribution in [2.45, 2.75) is 19.8 Å². The zero-order valence-electron chi connectivity index (χ0n) is 7.29. The van der Waals surface area contributed by atoms with Crippen LogP contribution in [-0.4, -0.2) is 22.1 Å². The summed E-state index contributed by atoms with van der Waals surface area (Å²) in [5.41, 5.74) is 0. The quantitative estimate of drug-likeness (QED) is 0.712. The number of hydrogen-bond acceptors (Lipinski definition) is 4. The summed E-state index contributed by atoms with van der Waals surface area (Å²) in [5.74, 6) is 1.09. The van der Waals surface area contributed by atoms with Gasteiger partial charge in [0.15, 0.2) is 0 Å². The molecule has 0 atom stereocenters. The number of ether oxygens (including phenoxy) is 1. The maximum atomic E-state index is 4.91. The number of nitrogens with one attached hydrogen (secondary N) is 1. The number of aromatic nitrogens is 3. The second-order valence-electron chi connectivity index (χ2n) is 2.68. The van der Waals surface area contributed by atoms with E-state index in [4.69, 9.17) is 17.0 Å². The topological polar surface area (TPSA) is 50.8 Å². The molecule has 0 saturated heterocycles. The Morgan fingerprint density at radius 1 is 1.42 bits per heavy atom. The Morgan fingerprint density at radius 3 is 2.58 bits per heavy atom. The van der Waals surface area contributed by atoms with Crippen molar-refractivity contribution in [2.24, 2.45) is 0 Å². The number of rotatable bonds is 2.